The second-order valence-corrected chi connectivity index (χ2v) is 5.72. The summed E-state index contributed by atoms with van der Waals surface area (Å²) in [6.45, 7) is 3.83. The molecule has 5 heteroatoms. The van der Waals surface area contributed by atoms with E-state index in [0.29, 0.717) is 5.56 Å². The zero-order valence-electron chi connectivity index (χ0n) is 10.7. The van der Waals surface area contributed by atoms with Gasteiger partial charge in [0.25, 0.3) is 10.1 Å². The molecule has 0 fully saturated rings. The fraction of sp³-hybridized carbons (Fsp3) is 0.231. The van der Waals surface area contributed by atoms with Crippen LogP contribution in [0.2, 0.25) is 0 Å². The standard InChI is InChI=1S/C13H14O3S.Na/c1-9(2)13-11-6-4-3-5-10(11)7-8-12(13)17(14,15)16;/h3-9H,1-2H3,(H,14,15,16);/q;+1. The minimum absolute atomic E-state index is 0. The van der Waals surface area contributed by atoms with Gasteiger partial charge in [-0.15, -0.1) is 0 Å². The zero-order chi connectivity index (χ0) is 12.6. The Labute approximate surface area is 129 Å². The number of fused-ring (bicyclic) bond motifs is 1. The van der Waals surface area contributed by atoms with Crippen LogP contribution < -0.4 is 29.6 Å². The van der Waals surface area contributed by atoms with Crippen LogP contribution in [0.15, 0.2) is 41.3 Å². The molecule has 0 heterocycles. The molecule has 0 aliphatic carbocycles. The van der Waals surface area contributed by atoms with Crippen molar-refractivity contribution in [2.24, 2.45) is 0 Å². The molecule has 0 saturated carbocycles. The van der Waals surface area contributed by atoms with Crippen LogP contribution in [0.1, 0.15) is 25.3 Å². The van der Waals surface area contributed by atoms with E-state index in [1.807, 2.05) is 38.1 Å². The fourth-order valence-corrected chi connectivity index (χ4v) is 2.96. The predicted octanol–water partition coefficient (Wildman–Crippen LogP) is 0.214. The second-order valence-electron chi connectivity index (χ2n) is 4.33. The SMILES string of the molecule is CC(C)c1c(S(=O)(=O)O)ccc2ccccc12.[Na+]. The predicted molar refractivity (Wildman–Crippen MR) is 67.9 cm³/mol. The third-order valence-electron chi connectivity index (χ3n) is 2.79. The molecule has 0 aromatic heterocycles. The molecule has 0 amide bonds. The van der Waals surface area contributed by atoms with Gasteiger partial charge in [-0.3, -0.25) is 4.55 Å². The van der Waals surface area contributed by atoms with E-state index < -0.39 is 10.1 Å². The first-order valence-corrected chi connectivity index (χ1v) is 6.84. The van der Waals surface area contributed by atoms with Gasteiger partial charge in [-0.25, -0.2) is 0 Å². The van der Waals surface area contributed by atoms with Crippen molar-refractivity contribution in [3.8, 4) is 0 Å². The maximum absolute atomic E-state index is 11.4. The molecule has 2 aromatic carbocycles. The summed E-state index contributed by atoms with van der Waals surface area (Å²) in [5, 5.41) is 1.85. The molecule has 0 radical (unpaired) electrons. The van der Waals surface area contributed by atoms with Crippen LogP contribution in [0.5, 0.6) is 0 Å². The molecule has 0 spiro atoms. The van der Waals surface area contributed by atoms with Gasteiger partial charge in [-0.05, 0) is 28.3 Å². The number of rotatable bonds is 2. The maximum atomic E-state index is 11.4. The Morgan fingerprint density at radius 3 is 2.22 bits per heavy atom. The molecule has 3 nitrogen and oxygen atoms in total. The third kappa shape index (κ3) is 2.95. The number of hydrogen-bond donors (Lipinski definition) is 1. The van der Waals surface area contributed by atoms with E-state index in [1.54, 1.807) is 6.07 Å². The van der Waals surface area contributed by atoms with E-state index in [1.165, 1.54) is 6.07 Å². The molecule has 1 N–H and O–H groups in total. The van der Waals surface area contributed by atoms with Crippen LogP contribution in [-0.2, 0) is 10.1 Å². The summed E-state index contributed by atoms with van der Waals surface area (Å²) in [4.78, 5) is 0.00574. The summed E-state index contributed by atoms with van der Waals surface area (Å²) in [7, 11) is -4.17. The molecular weight excluding hydrogens is 259 g/mol. The number of hydrogen-bond acceptors (Lipinski definition) is 2. The smallest absolute Gasteiger partial charge is 0.282 e. The van der Waals surface area contributed by atoms with Gasteiger partial charge >= 0.3 is 29.6 Å². The van der Waals surface area contributed by atoms with Gasteiger partial charge < -0.3 is 0 Å². The van der Waals surface area contributed by atoms with Crippen LogP contribution in [-0.4, -0.2) is 13.0 Å². The third-order valence-corrected chi connectivity index (χ3v) is 3.70. The van der Waals surface area contributed by atoms with Crippen molar-refractivity contribution in [1.82, 2.24) is 0 Å². The van der Waals surface area contributed by atoms with Gasteiger partial charge in [0.05, 0.1) is 4.90 Å². The van der Waals surface area contributed by atoms with Gasteiger partial charge in [0, 0.05) is 0 Å². The minimum atomic E-state index is -4.17. The Hall–Kier alpha value is -0.390. The van der Waals surface area contributed by atoms with Crippen molar-refractivity contribution in [2.45, 2.75) is 24.7 Å². The van der Waals surface area contributed by atoms with E-state index >= 15 is 0 Å². The summed E-state index contributed by atoms with van der Waals surface area (Å²) in [5.74, 6) is 0.0259. The molecule has 0 aliphatic rings. The van der Waals surface area contributed by atoms with Crippen LogP contribution in [0, 0.1) is 0 Å². The van der Waals surface area contributed by atoms with Crippen LogP contribution in [0.25, 0.3) is 10.8 Å². The summed E-state index contributed by atoms with van der Waals surface area (Å²) >= 11 is 0. The van der Waals surface area contributed by atoms with Crippen LogP contribution in [0.4, 0.5) is 0 Å². The summed E-state index contributed by atoms with van der Waals surface area (Å²) in [6.07, 6.45) is 0. The molecule has 18 heavy (non-hydrogen) atoms. The second kappa shape index (κ2) is 5.72. The molecule has 0 aliphatic heterocycles. The Morgan fingerprint density at radius 2 is 1.67 bits per heavy atom. The van der Waals surface area contributed by atoms with Crippen LogP contribution >= 0.6 is 0 Å². The average molecular weight is 273 g/mol. The van der Waals surface area contributed by atoms with Crippen molar-refractivity contribution < 1.29 is 42.5 Å². The first-order valence-electron chi connectivity index (χ1n) is 5.40. The Bertz CT molecular complexity index is 663. The summed E-state index contributed by atoms with van der Waals surface area (Å²) < 4.78 is 32.0. The zero-order valence-corrected chi connectivity index (χ0v) is 13.5. The average Bonchev–Trinajstić information content (AvgIpc) is 2.26. The molecular formula is C13H14NaO3S+. The quantitative estimate of drug-likeness (QED) is 0.629. The van der Waals surface area contributed by atoms with E-state index in [9.17, 15) is 13.0 Å². The van der Waals surface area contributed by atoms with E-state index in [2.05, 4.69) is 0 Å². The normalized spacial score (nSPS) is 11.6. The Morgan fingerprint density at radius 1 is 1.06 bits per heavy atom. The minimum Gasteiger partial charge on any atom is -0.282 e. The van der Waals surface area contributed by atoms with Gasteiger partial charge in [0.15, 0.2) is 0 Å². The van der Waals surface area contributed by atoms with Gasteiger partial charge in [0.1, 0.15) is 0 Å². The Balaban J connectivity index is 0.00000162. The molecule has 90 valence electrons. The molecule has 2 aromatic rings. The van der Waals surface area contributed by atoms with Crippen molar-refractivity contribution in [3.05, 3.63) is 42.0 Å². The van der Waals surface area contributed by atoms with Gasteiger partial charge in [0.2, 0.25) is 0 Å². The summed E-state index contributed by atoms with van der Waals surface area (Å²) in [5.41, 5.74) is 0.672. The van der Waals surface area contributed by atoms with Crippen molar-refractivity contribution in [3.63, 3.8) is 0 Å². The molecule has 0 bridgehead atoms. The largest absolute Gasteiger partial charge is 1.00 e. The van der Waals surface area contributed by atoms with Crippen LogP contribution in [0.3, 0.4) is 0 Å². The topological polar surface area (TPSA) is 54.4 Å². The van der Waals surface area contributed by atoms with Gasteiger partial charge in [-0.1, -0.05) is 44.2 Å². The van der Waals surface area contributed by atoms with E-state index in [0.717, 1.165) is 10.8 Å². The molecule has 0 saturated heterocycles. The summed E-state index contributed by atoms with van der Waals surface area (Å²) in [6, 6.07) is 10.7. The molecule has 0 atom stereocenters. The maximum Gasteiger partial charge on any atom is 1.00 e. The van der Waals surface area contributed by atoms with Gasteiger partial charge in [-0.2, -0.15) is 8.42 Å². The van der Waals surface area contributed by atoms with E-state index in [-0.39, 0.29) is 40.4 Å². The molecule has 2 rings (SSSR count). The number of benzene rings is 2. The van der Waals surface area contributed by atoms with Crippen molar-refractivity contribution in [1.29, 1.82) is 0 Å². The fourth-order valence-electron chi connectivity index (χ4n) is 2.10. The van der Waals surface area contributed by atoms with E-state index in [4.69, 9.17) is 0 Å². The Kier molecular flexibility index (Phi) is 4.98. The monoisotopic (exact) mass is 273 g/mol. The first-order chi connectivity index (χ1) is 7.91. The molecule has 0 unspecified atom stereocenters. The first kappa shape index (κ1) is 15.7. The van der Waals surface area contributed by atoms with Crippen molar-refractivity contribution >= 4 is 20.9 Å². The van der Waals surface area contributed by atoms with Crippen molar-refractivity contribution in [2.75, 3.05) is 0 Å².